The van der Waals surface area contributed by atoms with Gasteiger partial charge in [-0.3, -0.25) is 4.90 Å². The van der Waals surface area contributed by atoms with Gasteiger partial charge in [0.2, 0.25) is 0 Å². The molecule has 0 bridgehead atoms. The molecule has 1 unspecified atom stereocenters. The van der Waals surface area contributed by atoms with Crippen LogP contribution in [0.3, 0.4) is 0 Å². The molecule has 2 fully saturated rings. The van der Waals surface area contributed by atoms with Crippen molar-refractivity contribution in [1.29, 1.82) is 0 Å². The lowest BCUT2D eigenvalue weighted by atomic mass is 9.80. The van der Waals surface area contributed by atoms with Crippen molar-refractivity contribution < 1.29 is 0 Å². The number of hydrogen-bond donors (Lipinski definition) is 1. The van der Waals surface area contributed by atoms with Gasteiger partial charge < -0.3 is 5.32 Å². The van der Waals surface area contributed by atoms with E-state index in [-0.39, 0.29) is 0 Å². The minimum Gasteiger partial charge on any atom is -0.308 e. The van der Waals surface area contributed by atoms with E-state index < -0.39 is 0 Å². The van der Waals surface area contributed by atoms with E-state index in [1.54, 1.807) is 0 Å². The van der Waals surface area contributed by atoms with Crippen LogP contribution in [0.1, 0.15) is 79.1 Å². The summed E-state index contributed by atoms with van der Waals surface area (Å²) in [4.78, 5) is 2.86. The van der Waals surface area contributed by atoms with Crippen LogP contribution in [0.15, 0.2) is 0 Å². The van der Waals surface area contributed by atoms with Gasteiger partial charge in [0.15, 0.2) is 0 Å². The lowest BCUT2D eigenvalue weighted by Gasteiger charge is -2.50. The fourth-order valence-corrected chi connectivity index (χ4v) is 4.53. The summed E-state index contributed by atoms with van der Waals surface area (Å²) in [5.41, 5.74) is 1.01. The van der Waals surface area contributed by atoms with Crippen LogP contribution in [0, 0.1) is 5.41 Å². The summed E-state index contributed by atoms with van der Waals surface area (Å²) >= 11 is 0. The van der Waals surface area contributed by atoms with Crippen LogP contribution >= 0.6 is 0 Å². The van der Waals surface area contributed by atoms with Crippen LogP contribution in [-0.2, 0) is 0 Å². The fourth-order valence-electron chi connectivity index (χ4n) is 4.53. The van der Waals surface area contributed by atoms with Crippen molar-refractivity contribution in [3.05, 3.63) is 0 Å². The first-order chi connectivity index (χ1) is 9.62. The van der Waals surface area contributed by atoms with E-state index in [0.717, 1.165) is 6.04 Å². The Bertz CT molecular complexity index is 290. The summed E-state index contributed by atoms with van der Waals surface area (Å²) in [6, 6.07) is 0.755. The zero-order chi connectivity index (χ0) is 14.6. The molecule has 0 spiro atoms. The summed E-state index contributed by atoms with van der Waals surface area (Å²) in [5, 5.41) is 3.88. The Morgan fingerprint density at radius 2 is 1.65 bits per heavy atom. The summed E-state index contributed by atoms with van der Waals surface area (Å²) in [6.45, 7) is 13.3. The monoisotopic (exact) mass is 280 g/mol. The molecule has 0 aromatic heterocycles. The molecule has 0 radical (unpaired) electrons. The van der Waals surface area contributed by atoms with Crippen molar-refractivity contribution in [2.75, 3.05) is 19.6 Å². The quantitative estimate of drug-likeness (QED) is 0.784. The molecule has 2 rings (SSSR count). The standard InChI is InChI=1S/C18H36N2/c1-5-16-13-19-18(7-3,8-4)15-20(16)14-17(6-2)11-9-10-12-17/h16,19H,5-15H2,1-4H3. The third kappa shape index (κ3) is 3.22. The van der Waals surface area contributed by atoms with Gasteiger partial charge in [0, 0.05) is 31.2 Å². The maximum absolute atomic E-state index is 3.88. The molecule has 0 aromatic rings. The summed E-state index contributed by atoms with van der Waals surface area (Å²) < 4.78 is 0. The van der Waals surface area contributed by atoms with Crippen LogP contribution in [0.4, 0.5) is 0 Å². The van der Waals surface area contributed by atoms with Gasteiger partial charge in [-0.15, -0.1) is 0 Å². The molecule has 1 aliphatic heterocycles. The number of rotatable bonds is 6. The van der Waals surface area contributed by atoms with Crippen LogP contribution in [0.25, 0.3) is 0 Å². The van der Waals surface area contributed by atoms with Gasteiger partial charge in [0.25, 0.3) is 0 Å². The first-order valence-electron chi connectivity index (χ1n) is 9.11. The average molecular weight is 280 g/mol. The summed E-state index contributed by atoms with van der Waals surface area (Å²) in [7, 11) is 0. The van der Waals surface area contributed by atoms with Crippen LogP contribution in [0.2, 0.25) is 0 Å². The molecular weight excluding hydrogens is 244 g/mol. The van der Waals surface area contributed by atoms with E-state index >= 15 is 0 Å². The van der Waals surface area contributed by atoms with E-state index in [0.29, 0.717) is 11.0 Å². The van der Waals surface area contributed by atoms with Crippen molar-refractivity contribution in [1.82, 2.24) is 10.2 Å². The van der Waals surface area contributed by atoms with E-state index in [9.17, 15) is 0 Å². The van der Waals surface area contributed by atoms with Gasteiger partial charge in [-0.1, -0.05) is 40.5 Å². The highest BCUT2D eigenvalue weighted by molar-refractivity contribution is 4.99. The number of hydrogen-bond acceptors (Lipinski definition) is 2. The number of piperazine rings is 1. The zero-order valence-electron chi connectivity index (χ0n) is 14.3. The largest absolute Gasteiger partial charge is 0.308 e. The highest BCUT2D eigenvalue weighted by atomic mass is 15.3. The minimum absolute atomic E-state index is 0.374. The van der Waals surface area contributed by atoms with Gasteiger partial charge in [-0.25, -0.2) is 0 Å². The maximum Gasteiger partial charge on any atom is 0.0304 e. The molecule has 2 heteroatoms. The second kappa shape index (κ2) is 6.79. The smallest absolute Gasteiger partial charge is 0.0304 e. The molecule has 1 N–H and O–H groups in total. The molecule has 1 saturated carbocycles. The summed E-state index contributed by atoms with van der Waals surface area (Å²) in [6.07, 6.45) is 11.0. The minimum atomic E-state index is 0.374. The lowest BCUT2D eigenvalue weighted by molar-refractivity contribution is 0.0312. The van der Waals surface area contributed by atoms with Gasteiger partial charge in [0.05, 0.1) is 0 Å². The first-order valence-corrected chi connectivity index (χ1v) is 9.11. The second-order valence-corrected chi connectivity index (χ2v) is 7.40. The van der Waals surface area contributed by atoms with Gasteiger partial charge in [-0.05, 0) is 43.9 Å². The zero-order valence-corrected chi connectivity index (χ0v) is 14.3. The van der Waals surface area contributed by atoms with E-state index in [1.807, 2.05) is 0 Å². The first kappa shape index (κ1) is 16.3. The van der Waals surface area contributed by atoms with E-state index in [4.69, 9.17) is 0 Å². The van der Waals surface area contributed by atoms with Crippen LogP contribution in [-0.4, -0.2) is 36.1 Å². The Balaban J connectivity index is 2.08. The highest BCUT2D eigenvalue weighted by Crippen LogP contribution is 2.42. The Hall–Kier alpha value is -0.0800. The van der Waals surface area contributed by atoms with Gasteiger partial charge in [-0.2, -0.15) is 0 Å². The molecule has 1 saturated heterocycles. The SMILES string of the molecule is CCC1CNC(CC)(CC)CN1CC1(CC)CCCC1. The predicted molar refractivity (Wildman–Crippen MR) is 88.2 cm³/mol. The number of nitrogens with one attached hydrogen (secondary N) is 1. The Morgan fingerprint density at radius 3 is 2.15 bits per heavy atom. The third-order valence-corrected chi connectivity index (χ3v) is 6.51. The van der Waals surface area contributed by atoms with E-state index in [1.165, 1.54) is 71.0 Å². The van der Waals surface area contributed by atoms with Gasteiger partial charge in [0.1, 0.15) is 0 Å². The molecule has 118 valence electrons. The topological polar surface area (TPSA) is 15.3 Å². The lowest BCUT2D eigenvalue weighted by Crippen LogP contribution is -2.64. The average Bonchev–Trinajstić information content (AvgIpc) is 2.96. The fraction of sp³-hybridized carbons (Fsp3) is 1.00. The molecule has 1 aliphatic carbocycles. The summed E-state index contributed by atoms with van der Waals surface area (Å²) in [5.74, 6) is 0. The molecule has 0 aromatic carbocycles. The van der Waals surface area contributed by atoms with Gasteiger partial charge >= 0.3 is 0 Å². The molecule has 0 amide bonds. The second-order valence-electron chi connectivity index (χ2n) is 7.40. The molecular formula is C18H36N2. The van der Waals surface area contributed by atoms with Crippen molar-refractivity contribution in [2.45, 2.75) is 90.6 Å². The molecule has 2 nitrogen and oxygen atoms in total. The molecule has 1 atom stereocenters. The molecule has 1 heterocycles. The van der Waals surface area contributed by atoms with Crippen molar-refractivity contribution >= 4 is 0 Å². The molecule has 2 aliphatic rings. The van der Waals surface area contributed by atoms with Crippen molar-refractivity contribution in [3.63, 3.8) is 0 Å². The van der Waals surface area contributed by atoms with E-state index in [2.05, 4.69) is 37.9 Å². The van der Waals surface area contributed by atoms with Crippen LogP contribution < -0.4 is 5.32 Å². The number of nitrogens with zero attached hydrogens (tertiary/aromatic N) is 1. The predicted octanol–water partition coefficient (Wildman–Crippen LogP) is 4.20. The normalized spacial score (nSPS) is 29.7. The van der Waals surface area contributed by atoms with Crippen molar-refractivity contribution in [2.24, 2.45) is 5.41 Å². The Labute approximate surface area is 126 Å². The Morgan fingerprint density at radius 1 is 1.00 bits per heavy atom. The van der Waals surface area contributed by atoms with Crippen LogP contribution in [0.5, 0.6) is 0 Å². The Kier molecular flexibility index (Phi) is 5.53. The maximum atomic E-state index is 3.88. The highest BCUT2D eigenvalue weighted by Gasteiger charge is 2.41. The molecule has 20 heavy (non-hydrogen) atoms. The third-order valence-electron chi connectivity index (χ3n) is 6.51. The van der Waals surface area contributed by atoms with Crippen molar-refractivity contribution in [3.8, 4) is 0 Å².